The number of nitrogens with zero attached hydrogens (tertiary/aromatic N) is 1. The van der Waals surface area contributed by atoms with Crippen molar-refractivity contribution in [2.24, 2.45) is 0 Å². The molecule has 21 heavy (non-hydrogen) atoms. The van der Waals surface area contributed by atoms with Crippen molar-refractivity contribution < 1.29 is 0 Å². The molecule has 0 radical (unpaired) electrons. The van der Waals surface area contributed by atoms with Crippen molar-refractivity contribution in [3.05, 3.63) is 36.0 Å². The zero-order valence-electron chi connectivity index (χ0n) is 13.1. The smallest absolute Gasteiger partial charge is 0.0726 e. The lowest BCUT2D eigenvalue weighted by atomic mass is 10.1. The third kappa shape index (κ3) is 5.01. The van der Waals surface area contributed by atoms with Crippen LogP contribution >= 0.6 is 0 Å². The second-order valence-corrected chi connectivity index (χ2v) is 5.66. The van der Waals surface area contributed by atoms with Gasteiger partial charge < -0.3 is 11.1 Å². The van der Waals surface area contributed by atoms with Gasteiger partial charge in [0, 0.05) is 17.6 Å². The monoisotopic (exact) mass is 285 g/mol. The van der Waals surface area contributed by atoms with Gasteiger partial charge in [-0.1, -0.05) is 57.2 Å². The maximum atomic E-state index is 6.09. The fourth-order valence-corrected chi connectivity index (χ4v) is 2.60. The van der Waals surface area contributed by atoms with Gasteiger partial charge in [-0.3, -0.25) is 4.98 Å². The first kappa shape index (κ1) is 15.8. The minimum Gasteiger partial charge on any atom is -0.398 e. The second kappa shape index (κ2) is 8.63. The molecule has 114 valence electrons. The normalized spacial score (nSPS) is 11.1. The van der Waals surface area contributed by atoms with Crippen molar-refractivity contribution in [3.63, 3.8) is 0 Å². The fourth-order valence-electron chi connectivity index (χ4n) is 2.60. The summed E-state index contributed by atoms with van der Waals surface area (Å²) in [5.74, 6) is 0. The molecule has 1 heterocycles. The van der Waals surface area contributed by atoms with Crippen molar-refractivity contribution >= 4 is 16.6 Å². The molecule has 0 atom stereocenters. The Balaban J connectivity index is 1.74. The predicted octanol–water partition coefficient (Wildman–Crippen LogP) is 4.27. The number of rotatable bonds is 9. The van der Waals surface area contributed by atoms with Gasteiger partial charge in [-0.15, -0.1) is 0 Å². The van der Waals surface area contributed by atoms with Crippen LogP contribution in [0.15, 0.2) is 30.3 Å². The number of nitrogens with two attached hydrogens (primary N) is 1. The number of nitrogens with one attached hydrogen (secondary N) is 1. The molecule has 3 N–H and O–H groups in total. The number of pyridine rings is 1. The van der Waals surface area contributed by atoms with Gasteiger partial charge in [-0.25, -0.2) is 0 Å². The number of aromatic nitrogens is 1. The van der Waals surface area contributed by atoms with Crippen LogP contribution < -0.4 is 11.1 Å². The van der Waals surface area contributed by atoms with Crippen LogP contribution in [0.1, 0.15) is 51.1 Å². The van der Waals surface area contributed by atoms with Crippen LogP contribution in [-0.4, -0.2) is 11.5 Å². The van der Waals surface area contributed by atoms with Crippen LogP contribution in [0.5, 0.6) is 0 Å². The molecule has 3 heteroatoms. The lowest BCUT2D eigenvalue weighted by Gasteiger charge is -2.08. The van der Waals surface area contributed by atoms with Crippen molar-refractivity contribution in [1.82, 2.24) is 10.3 Å². The molecule has 0 aliphatic heterocycles. The van der Waals surface area contributed by atoms with Crippen molar-refractivity contribution in [2.75, 3.05) is 12.3 Å². The molecule has 3 nitrogen and oxygen atoms in total. The number of nitrogen functional groups attached to an aromatic ring is 1. The van der Waals surface area contributed by atoms with E-state index in [9.17, 15) is 0 Å². The SMILES string of the molecule is CCCCCCCCNCc1cc(N)c2ccccc2n1. The molecule has 0 bridgehead atoms. The van der Waals surface area contributed by atoms with E-state index in [-0.39, 0.29) is 0 Å². The summed E-state index contributed by atoms with van der Waals surface area (Å²) in [6, 6.07) is 10.0. The molecule has 0 spiro atoms. The number of fused-ring (bicyclic) bond motifs is 1. The fraction of sp³-hybridized carbons (Fsp3) is 0.500. The Morgan fingerprint density at radius 1 is 1.05 bits per heavy atom. The highest BCUT2D eigenvalue weighted by Crippen LogP contribution is 2.19. The van der Waals surface area contributed by atoms with Crippen molar-refractivity contribution in [1.29, 1.82) is 0 Å². The average molecular weight is 285 g/mol. The van der Waals surface area contributed by atoms with Gasteiger partial charge in [-0.2, -0.15) is 0 Å². The van der Waals surface area contributed by atoms with E-state index in [2.05, 4.69) is 17.2 Å². The summed E-state index contributed by atoms with van der Waals surface area (Å²) >= 11 is 0. The third-order valence-electron chi connectivity index (χ3n) is 3.81. The van der Waals surface area contributed by atoms with Gasteiger partial charge in [0.25, 0.3) is 0 Å². The molecule has 2 rings (SSSR count). The molecule has 0 saturated carbocycles. The first-order valence-electron chi connectivity index (χ1n) is 8.16. The van der Waals surface area contributed by atoms with Gasteiger partial charge in [-0.05, 0) is 25.1 Å². The highest BCUT2D eigenvalue weighted by molar-refractivity contribution is 5.90. The number of hydrogen-bond acceptors (Lipinski definition) is 3. The molecular weight excluding hydrogens is 258 g/mol. The Bertz CT molecular complexity index is 551. The number of benzene rings is 1. The number of anilines is 1. The zero-order chi connectivity index (χ0) is 14.9. The minimum absolute atomic E-state index is 0.796. The van der Waals surface area contributed by atoms with Gasteiger partial charge in [0.15, 0.2) is 0 Å². The highest BCUT2D eigenvalue weighted by Gasteiger charge is 2.02. The molecule has 0 fully saturated rings. The average Bonchev–Trinajstić information content (AvgIpc) is 2.50. The molecule has 0 aliphatic rings. The van der Waals surface area contributed by atoms with Crippen LogP contribution in [0.3, 0.4) is 0 Å². The van der Waals surface area contributed by atoms with E-state index in [1.54, 1.807) is 0 Å². The van der Waals surface area contributed by atoms with Crippen molar-refractivity contribution in [3.8, 4) is 0 Å². The van der Waals surface area contributed by atoms with Crippen LogP contribution in [0.2, 0.25) is 0 Å². The Morgan fingerprint density at radius 2 is 1.81 bits per heavy atom. The van der Waals surface area contributed by atoms with E-state index in [0.717, 1.165) is 35.4 Å². The summed E-state index contributed by atoms with van der Waals surface area (Å²) in [7, 11) is 0. The second-order valence-electron chi connectivity index (χ2n) is 5.66. The summed E-state index contributed by atoms with van der Waals surface area (Å²) in [6.07, 6.45) is 7.98. The summed E-state index contributed by atoms with van der Waals surface area (Å²) < 4.78 is 0. The summed E-state index contributed by atoms with van der Waals surface area (Å²) in [6.45, 7) is 4.11. The maximum Gasteiger partial charge on any atom is 0.0726 e. The molecule has 1 aromatic heterocycles. The molecule has 0 saturated heterocycles. The van der Waals surface area contributed by atoms with E-state index < -0.39 is 0 Å². The van der Waals surface area contributed by atoms with Gasteiger partial charge >= 0.3 is 0 Å². The molecule has 2 aromatic rings. The Morgan fingerprint density at radius 3 is 2.67 bits per heavy atom. The van der Waals surface area contributed by atoms with E-state index in [0.29, 0.717) is 0 Å². The van der Waals surface area contributed by atoms with E-state index >= 15 is 0 Å². The number of hydrogen-bond donors (Lipinski definition) is 2. The van der Waals surface area contributed by atoms with Gasteiger partial charge in [0.05, 0.1) is 11.2 Å². The topological polar surface area (TPSA) is 50.9 Å². The van der Waals surface area contributed by atoms with Gasteiger partial charge in [0.1, 0.15) is 0 Å². The number of unbranched alkanes of at least 4 members (excludes halogenated alkanes) is 5. The Labute approximate surface area is 128 Å². The van der Waals surface area contributed by atoms with E-state index in [4.69, 9.17) is 5.73 Å². The quantitative estimate of drug-likeness (QED) is 0.677. The summed E-state index contributed by atoms with van der Waals surface area (Å²) in [4.78, 5) is 4.65. The van der Waals surface area contributed by atoms with Crippen LogP contribution in [0.4, 0.5) is 5.69 Å². The van der Waals surface area contributed by atoms with E-state index in [1.807, 2.05) is 30.3 Å². The van der Waals surface area contributed by atoms with Crippen LogP contribution in [0.25, 0.3) is 10.9 Å². The van der Waals surface area contributed by atoms with Crippen molar-refractivity contribution in [2.45, 2.75) is 52.0 Å². The lowest BCUT2D eigenvalue weighted by Crippen LogP contribution is -2.15. The summed E-state index contributed by atoms with van der Waals surface area (Å²) in [5, 5.41) is 4.51. The largest absolute Gasteiger partial charge is 0.398 e. The standard InChI is InChI=1S/C18H27N3/c1-2-3-4-5-6-9-12-20-14-15-13-17(19)16-10-7-8-11-18(16)21-15/h7-8,10-11,13,20H,2-6,9,12,14H2,1H3,(H2,19,21). The highest BCUT2D eigenvalue weighted by atomic mass is 14.9. The molecule has 1 aromatic carbocycles. The number of para-hydroxylation sites is 1. The predicted molar refractivity (Wildman–Crippen MR) is 91.2 cm³/mol. The molecule has 0 unspecified atom stereocenters. The Kier molecular flexibility index (Phi) is 6.48. The minimum atomic E-state index is 0.796. The van der Waals surface area contributed by atoms with Crippen LogP contribution in [0, 0.1) is 0 Å². The first-order chi connectivity index (χ1) is 10.3. The maximum absolute atomic E-state index is 6.09. The molecular formula is C18H27N3. The van der Waals surface area contributed by atoms with Gasteiger partial charge in [0.2, 0.25) is 0 Å². The zero-order valence-corrected chi connectivity index (χ0v) is 13.1. The summed E-state index contributed by atoms with van der Waals surface area (Å²) in [5.41, 5.74) is 8.91. The molecule has 0 amide bonds. The first-order valence-corrected chi connectivity index (χ1v) is 8.16. The lowest BCUT2D eigenvalue weighted by molar-refractivity contribution is 0.570. The van der Waals surface area contributed by atoms with Crippen LogP contribution in [-0.2, 0) is 6.54 Å². The third-order valence-corrected chi connectivity index (χ3v) is 3.81. The Hall–Kier alpha value is -1.61. The molecule has 0 aliphatic carbocycles. The van der Waals surface area contributed by atoms with E-state index in [1.165, 1.54) is 38.5 Å².